The Labute approximate surface area is 77.4 Å². The Morgan fingerprint density at radius 3 is 2.77 bits per heavy atom. The molecule has 72 valence electrons. The fraction of sp³-hybridized carbons (Fsp3) is 0.375. The molecule has 0 aliphatic heterocycles. The van der Waals surface area contributed by atoms with Crippen LogP contribution in [0.25, 0.3) is 0 Å². The zero-order valence-corrected chi connectivity index (χ0v) is 8.03. The predicted octanol–water partition coefficient (Wildman–Crippen LogP) is 1.07. The molecule has 1 rings (SSSR count). The van der Waals surface area contributed by atoms with Gasteiger partial charge in [0.15, 0.2) is 0 Å². The summed E-state index contributed by atoms with van der Waals surface area (Å²) in [6, 6.07) is 3.51. The maximum Gasteiger partial charge on any atom is 0.265 e. The average molecular weight is 201 g/mol. The molecule has 0 aliphatic carbocycles. The van der Waals surface area contributed by atoms with E-state index in [0.717, 1.165) is 5.56 Å². The lowest BCUT2D eigenvalue weighted by atomic mass is 10.1. The predicted molar refractivity (Wildman–Crippen MR) is 49.1 cm³/mol. The molecule has 4 nitrogen and oxygen atoms in total. The molecule has 0 aromatic carbocycles. The van der Waals surface area contributed by atoms with E-state index < -0.39 is 10.1 Å². The summed E-state index contributed by atoms with van der Waals surface area (Å²) in [6.07, 6.45) is 3.21. The van der Waals surface area contributed by atoms with Crippen LogP contribution in [0.3, 0.4) is 0 Å². The van der Waals surface area contributed by atoms with Gasteiger partial charge >= 0.3 is 0 Å². The third-order valence-electron chi connectivity index (χ3n) is 1.71. The molecule has 0 fully saturated rings. The largest absolute Gasteiger partial charge is 0.286 e. The van der Waals surface area contributed by atoms with Gasteiger partial charge in [-0.15, -0.1) is 0 Å². The second-order valence-electron chi connectivity index (χ2n) is 2.94. The van der Waals surface area contributed by atoms with Crippen molar-refractivity contribution in [3.05, 3.63) is 30.1 Å². The minimum absolute atomic E-state index is 0.233. The lowest BCUT2D eigenvalue weighted by Crippen LogP contribution is -2.11. The molecule has 0 amide bonds. The van der Waals surface area contributed by atoms with Crippen molar-refractivity contribution in [1.82, 2.24) is 4.98 Å². The van der Waals surface area contributed by atoms with E-state index in [4.69, 9.17) is 4.55 Å². The van der Waals surface area contributed by atoms with E-state index in [-0.39, 0.29) is 11.7 Å². The van der Waals surface area contributed by atoms with Gasteiger partial charge in [-0.25, -0.2) is 0 Å². The second kappa shape index (κ2) is 3.85. The van der Waals surface area contributed by atoms with Crippen molar-refractivity contribution in [2.75, 3.05) is 5.75 Å². The second-order valence-corrected chi connectivity index (χ2v) is 4.43. The minimum atomic E-state index is -3.90. The van der Waals surface area contributed by atoms with Gasteiger partial charge in [-0.1, -0.05) is 13.0 Å². The molecule has 13 heavy (non-hydrogen) atoms. The number of pyridine rings is 1. The quantitative estimate of drug-likeness (QED) is 0.743. The summed E-state index contributed by atoms with van der Waals surface area (Å²) in [6.45, 7) is 1.73. The molecular formula is C8H11NO3S. The van der Waals surface area contributed by atoms with Crippen LogP contribution in [0, 0.1) is 0 Å². The lowest BCUT2D eigenvalue weighted by Gasteiger charge is -2.07. The molecule has 1 aromatic heterocycles. The molecule has 1 heterocycles. The summed E-state index contributed by atoms with van der Waals surface area (Å²) in [5.41, 5.74) is 0.806. The van der Waals surface area contributed by atoms with E-state index in [0.29, 0.717) is 0 Å². The zero-order valence-electron chi connectivity index (χ0n) is 7.21. The first-order valence-electron chi connectivity index (χ1n) is 3.84. The van der Waals surface area contributed by atoms with Crippen LogP contribution >= 0.6 is 0 Å². The molecule has 0 saturated heterocycles. The zero-order chi connectivity index (χ0) is 9.90. The van der Waals surface area contributed by atoms with E-state index in [1.165, 1.54) is 0 Å². The standard InChI is InChI=1S/C8H11NO3S/c1-7(6-13(10,11)12)8-3-2-4-9-5-8/h2-5,7H,6H2,1H3,(H,10,11,12). The van der Waals surface area contributed by atoms with Crippen LogP contribution in [0.1, 0.15) is 18.4 Å². The van der Waals surface area contributed by atoms with Crippen molar-refractivity contribution >= 4 is 10.1 Å². The Kier molecular flexibility index (Phi) is 3.00. The van der Waals surface area contributed by atoms with Crippen LogP contribution in [-0.2, 0) is 10.1 Å². The highest BCUT2D eigenvalue weighted by Crippen LogP contribution is 2.14. The van der Waals surface area contributed by atoms with Crippen molar-refractivity contribution < 1.29 is 13.0 Å². The SMILES string of the molecule is CC(CS(=O)(=O)O)c1cccnc1. The first-order valence-corrected chi connectivity index (χ1v) is 5.45. The summed E-state index contributed by atoms with van der Waals surface area (Å²) < 4.78 is 29.7. The van der Waals surface area contributed by atoms with Gasteiger partial charge in [0.25, 0.3) is 10.1 Å². The van der Waals surface area contributed by atoms with Crippen LogP contribution in [0.4, 0.5) is 0 Å². The molecule has 0 aliphatic rings. The maximum atomic E-state index is 10.6. The minimum Gasteiger partial charge on any atom is -0.286 e. The van der Waals surface area contributed by atoms with Crippen molar-refractivity contribution in [2.45, 2.75) is 12.8 Å². The molecule has 0 radical (unpaired) electrons. The number of hydrogen-bond acceptors (Lipinski definition) is 3. The van der Waals surface area contributed by atoms with Crippen molar-refractivity contribution in [2.24, 2.45) is 0 Å². The summed E-state index contributed by atoms with van der Waals surface area (Å²) >= 11 is 0. The van der Waals surface area contributed by atoms with Crippen molar-refractivity contribution in [1.29, 1.82) is 0 Å². The maximum absolute atomic E-state index is 10.6. The molecule has 1 aromatic rings. The van der Waals surface area contributed by atoms with Gasteiger partial charge in [-0.2, -0.15) is 8.42 Å². The van der Waals surface area contributed by atoms with Gasteiger partial charge in [-0.3, -0.25) is 9.54 Å². The normalized spacial score (nSPS) is 14.0. The molecular weight excluding hydrogens is 190 g/mol. The third kappa shape index (κ3) is 3.52. The summed E-state index contributed by atoms with van der Waals surface area (Å²) in [5.74, 6) is -0.498. The number of rotatable bonds is 3. The Morgan fingerprint density at radius 1 is 1.62 bits per heavy atom. The highest BCUT2D eigenvalue weighted by Gasteiger charge is 2.13. The number of nitrogens with zero attached hydrogens (tertiary/aromatic N) is 1. The molecule has 5 heteroatoms. The Balaban J connectivity index is 2.76. The monoisotopic (exact) mass is 201 g/mol. The highest BCUT2D eigenvalue weighted by atomic mass is 32.2. The summed E-state index contributed by atoms with van der Waals surface area (Å²) in [4.78, 5) is 3.86. The van der Waals surface area contributed by atoms with E-state index in [1.54, 1.807) is 31.5 Å². The first-order chi connectivity index (χ1) is 5.99. The van der Waals surface area contributed by atoms with Crippen LogP contribution in [0.15, 0.2) is 24.5 Å². The van der Waals surface area contributed by atoms with Gasteiger partial charge in [0.1, 0.15) is 0 Å². The topological polar surface area (TPSA) is 67.3 Å². The molecule has 0 saturated carbocycles. The smallest absolute Gasteiger partial charge is 0.265 e. The third-order valence-corrected chi connectivity index (χ3v) is 2.64. The van der Waals surface area contributed by atoms with E-state index >= 15 is 0 Å². The average Bonchev–Trinajstić information content (AvgIpc) is 2.03. The fourth-order valence-electron chi connectivity index (χ4n) is 1.08. The van der Waals surface area contributed by atoms with Gasteiger partial charge in [-0.05, 0) is 17.5 Å². The van der Waals surface area contributed by atoms with Gasteiger partial charge in [0.05, 0.1) is 5.75 Å². The van der Waals surface area contributed by atoms with Crippen molar-refractivity contribution in [3.63, 3.8) is 0 Å². The highest BCUT2D eigenvalue weighted by molar-refractivity contribution is 7.85. The van der Waals surface area contributed by atoms with Gasteiger partial charge < -0.3 is 0 Å². The molecule has 1 N–H and O–H groups in total. The van der Waals surface area contributed by atoms with E-state index in [2.05, 4.69) is 4.98 Å². The Morgan fingerprint density at radius 2 is 2.31 bits per heavy atom. The van der Waals surface area contributed by atoms with Crippen LogP contribution in [0.2, 0.25) is 0 Å². The molecule has 0 bridgehead atoms. The van der Waals surface area contributed by atoms with Crippen molar-refractivity contribution in [3.8, 4) is 0 Å². The molecule has 1 atom stereocenters. The fourth-order valence-corrected chi connectivity index (χ4v) is 1.90. The van der Waals surface area contributed by atoms with E-state index in [1.807, 2.05) is 0 Å². The molecule has 1 unspecified atom stereocenters. The first kappa shape index (κ1) is 10.1. The van der Waals surface area contributed by atoms with Gasteiger partial charge in [0, 0.05) is 12.4 Å². The molecule has 0 spiro atoms. The van der Waals surface area contributed by atoms with Crippen LogP contribution in [0.5, 0.6) is 0 Å². The summed E-state index contributed by atoms with van der Waals surface area (Å²) in [7, 11) is -3.90. The van der Waals surface area contributed by atoms with Crippen LogP contribution in [-0.4, -0.2) is 23.7 Å². The number of aromatic nitrogens is 1. The Hall–Kier alpha value is -0.940. The lowest BCUT2D eigenvalue weighted by molar-refractivity contribution is 0.479. The Bertz CT molecular complexity index is 360. The summed E-state index contributed by atoms with van der Waals surface area (Å²) in [5, 5.41) is 0. The number of hydrogen-bond donors (Lipinski definition) is 1. The van der Waals surface area contributed by atoms with Gasteiger partial charge in [0.2, 0.25) is 0 Å². The van der Waals surface area contributed by atoms with Crippen LogP contribution < -0.4 is 0 Å². The van der Waals surface area contributed by atoms with E-state index in [9.17, 15) is 8.42 Å².